The van der Waals surface area contributed by atoms with Crippen molar-refractivity contribution in [3.05, 3.63) is 0 Å². The molecule has 0 spiro atoms. The number of hydrogen-bond donors (Lipinski definition) is 0. The van der Waals surface area contributed by atoms with E-state index in [1.54, 1.807) is 0 Å². The first-order valence-corrected chi connectivity index (χ1v) is 2.00. The van der Waals surface area contributed by atoms with Crippen molar-refractivity contribution in [2.45, 2.75) is 0 Å². The fraction of sp³-hybridized carbons (Fsp3) is 0. The molecule has 0 aliphatic heterocycles. The van der Waals surface area contributed by atoms with Gasteiger partial charge in [-0.15, -0.1) is 0 Å². The molecule has 0 N–H and O–H groups in total. The van der Waals surface area contributed by atoms with E-state index in [0.717, 1.165) is 0 Å². The zero-order chi connectivity index (χ0) is 4.50. The van der Waals surface area contributed by atoms with Crippen LogP contribution in [0.5, 0.6) is 0 Å². The Morgan fingerprint density at radius 1 is 1.25 bits per heavy atom. The van der Waals surface area contributed by atoms with Crippen molar-refractivity contribution in [3.8, 4) is 0 Å². The molecule has 0 fully saturated rings. The molecule has 0 unspecified atom stereocenters. The zero-order valence-electron chi connectivity index (χ0n) is 4.84. The first-order valence-electron chi connectivity index (χ1n) is 0.667. The molecule has 0 aromatic rings. The van der Waals surface area contributed by atoms with Gasteiger partial charge in [0.25, 0.3) is 0 Å². The van der Waals surface area contributed by atoms with Crippen molar-refractivity contribution in [1.29, 1.82) is 0 Å². The second-order valence-electron chi connectivity index (χ2n) is 0.408. The summed E-state index contributed by atoms with van der Waals surface area (Å²) in [6, 6.07) is 0. The SMILES string of the molecule is O=S(=O)([O-])[O-].[Ag+].[H+].[Na+].[Zr]. The Bertz CT molecular complexity index is 104. The molecule has 4 nitrogen and oxygen atoms in total. The molecule has 0 atom stereocenters. The van der Waals surface area contributed by atoms with Gasteiger partial charge in [0, 0.05) is 36.6 Å². The van der Waals surface area contributed by atoms with Crippen LogP contribution in [-0.2, 0) is 59.0 Å². The van der Waals surface area contributed by atoms with E-state index >= 15 is 0 Å². The van der Waals surface area contributed by atoms with Gasteiger partial charge < -0.3 is 9.11 Å². The first kappa shape index (κ1) is 22.4. The number of rotatable bonds is 0. The van der Waals surface area contributed by atoms with Crippen molar-refractivity contribution in [2.75, 3.05) is 0 Å². The molecule has 8 heavy (non-hydrogen) atoms. The van der Waals surface area contributed by atoms with Crippen LogP contribution in [0.3, 0.4) is 0 Å². The van der Waals surface area contributed by atoms with Crippen molar-refractivity contribution >= 4 is 10.4 Å². The average Bonchev–Trinajstić information content (AvgIpc) is 0.722. The molecule has 0 aromatic heterocycles. The van der Waals surface area contributed by atoms with Crippen LogP contribution in [0.15, 0.2) is 0 Å². The van der Waals surface area contributed by atoms with Gasteiger partial charge in [-0.3, -0.25) is 8.42 Å². The normalized spacial score (nSPS) is 7.25. The van der Waals surface area contributed by atoms with E-state index in [0.29, 0.717) is 0 Å². The molecule has 8 heteroatoms. The van der Waals surface area contributed by atoms with Crippen LogP contribution in [0.25, 0.3) is 0 Å². The van der Waals surface area contributed by atoms with Crippen molar-refractivity contribution in [1.82, 2.24) is 0 Å². The summed E-state index contributed by atoms with van der Waals surface area (Å²) < 4.78 is 34.1. The minimum atomic E-state index is -5.17. The minimum absolute atomic E-state index is 0. The van der Waals surface area contributed by atoms with Crippen LogP contribution in [0, 0.1) is 0 Å². The van der Waals surface area contributed by atoms with E-state index in [9.17, 15) is 0 Å². The molecule has 0 saturated carbocycles. The average molecular weight is 319 g/mol. The summed E-state index contributed by atoms with van der Waals surface area (Å²) in [5.74, 6) is 0. The molecular weight excluding hydrogens is 318 g/mol. The van der Waals surface area contributed by atoms with Crippen molar-refractivity contribution < 1.29 is 97.1 Å². The van der Waals surface area contributed by atoms with E-state index < -0.39 is 10.4 Å². The van der Waals surface area contributed by atoms with Crippen LogP contribution in [0.1, 0.15) is 1.43 Å². The molecule has 0 amide bonds. The van der Waals surface area contributed by atoms with Gasteiger partial charge in [0.1, 0.15) is 0 Å². The van der Waals surface area contributed by atoms with Crippen molar-refractivity contribution in [2.24, 2.45) is 0 Å². The maximum absolute atomic E-state index is 8.52. The van der Waals surface area contributed by atoms with Crippen LogP contribution < -0.4 is 29.6 Å². The van der Waals surface area contributed by atoms with E-state index in [2.05, 4.69) is 0 Å². The summed E-state index contributed by atoms with van der Waals surface area (Å²) in [6.07, 6.45) is 0. The van der Waals surface area contributed by atoms with E-state index in [4.69, 9.17) is 17.5 Å². The molecule has 0 saturated heterocycles. The van der Waals surface area contributed by atoms with Gasteiger partial charge >= 0.3 is 53.4 Å². The first-order chi connectivity index (χ1) is 2.00. The van der Waals surface area contributed by atoms with Gasteiger partial charge in [-0.1, -0.05) is 0 Å². The molecule has 0 radical (unpaired) electrons. The topological polar surface area (TPSA) is 80.3 Å². The summed E-state index contributed by atoms with van der Waals surface area (Å²) in [6.45, 7) is 0. The summed E-state index contributed by atoms with van der Waals surface area (Å²) in [7, 11) is -5.17. The van der Waals surface area contributed by atoms with Gasteiger partial charge in [-0.2, -0.15) is 0 Å². The second-order valence-corrected chi connectivity index (χ2v) is 1.22. The zero-order valence-corrected chi connectivity index (χ0v) is 10.6. The van der Waals surface area contributed by atoms with Gasteiger partial charge in [0.15, 0.2) is 0 Å². The summed E-state index contributed by atoms with van der Waals surface area (Å²) in [5, 5.41) is 0. The molecule has 0 aromatic carbocycles. The largest absolute Gasteiger partial charge is 1.00 e. The maximum atomic E-state index is 8.52. The quantitative estimate of drug-likeness (QED) is 0.257. The Hall–Kier alpha value is 2.49. The molecule has 0 aliphatic rings. The molecule has 46 valence electrons. The Morgan fingerprint density at radius 2 is 1.25 bits per heavy atom. The van der Waals surface area contributed by atoms with E-state index in [-0.39, 0.29) is 79.6 Å². The predicted molar refractivity (Wildman–Crippen MR) is 11.6 cm³/mol. The molecular formula is HAgNaO4SZr+. The Labute approximate surface area is 106 Å². The summed E-state index contributed by atoms with van der Waals surface area (Å²) in [5.41, 5.74) is 0. The molecule has 0 aliphatic carbocycles. The maximum Gasteiger partial charge on any atom is 1.00 e. The molecule has 0 bridgehead atoms. The van der Waals surface area contributed by atoms with Gasteiger partial charge in [0.05, 0.1) is 0 Å². The van der Waals surface area contributed by atoms with E-state index in [1.807, 2.05) is 0 Å². The van der Waals surface area contributed by atoms with Crippen LogP contribution in [0.4, 0.5) is 0 Å². The van der Waals surface area contributed by atoms with E-state index in [1.165, 1.54) is 0 Å². The third kappa shape index (κ3) is 76.7. The standard InChI is InChI=1S/Ag.Na.H2O4S.Zr/c;;1-5(2,3)4;/h;;(H2,1,2,3,4);/q2*+1;;/p-1. The third-order valence-corrected chi connectivity index (χ3v) is 0. The van der Waals surface area contributed by atoms with Gasteiger partial charge in [0.2, 0.25) is 0 Å². The summed E-state index contributed by atoms with van der Waals surface area (Å²) in [4.78, 5) is 0. The minimum Gasteiger partial charge on any atom is -0.759 e. The fourth-order valence-corrected chi connectivity index (χ4v) is 0. The summed E-state index contributed by atoms with van der Waals surface area (Å²) >= 11 is 0. The second kappa shape index (κ2) is 9.49. The monoisotopic (exact) mass is 317 g/mol. The fourth-order valence-electron chi connectivity index (χ4n) is 0. The predicted octanol–water partition coefficient (Wildman–Crippen LogP) is -4.23. The van der Waals surface area contributed by atoms with Crippen LogP contribution in [-0.4, -0.2) is 17.5 Å². The molecule has 0 heterocycles. The Kier molecular flexibility index (Phi) is 26.6. The van der Waals surface area contributed by atoms with Crippen LogP contribution in [0.2, 0.25) is 0 Å². The smallest absolute Gasteiger partial charge is 0.759 e. The van der Waals surface area contributed by atoms with Crippen molar-refractivity contribution in [3.63, 3.8) is 0 Å². The third-order valence-electron chi connectivity index (χ3n) is 0. The Balaban J connectivity index is -0.0000000133. The Morgan fingerprint density at radius 3 is 1.25 bits per heavy atom. The van der Waals surface area contributed by atoms with Gasteiger partial charge in [-0.05, 0) is 0 Å². The number of hydrogen-bond acceptors (Lipinski definition) is 4. The molecule has 0 rings (SSSR count). The van der Waals surface area contributed by atoms with Gasteiger partial charge in [-0.25, -0.2) is 0 Å². The van der Waals surface area contributed by atoms with Crippen LogP contribution >= 0.6 is 0 Å².